The predicted octanol–water partition coefficient (Wildman–Crippen LogP) is 1.04. The third-order valence-electron chi connectivity index (χ3n) is 8.81. The molecule has 2 aromatic carbocycles. The van der Waals surface area contributed by atoms with E-state index in [-0.39, 0.29) is 24.8 Å². The number of hydrogen-bond acceptors (Lipinski definition) is 0. The van der Waals surface area contributed by atoms with E-state index in [0.29, 0.717) is 0 Å². The molecular formula is C32H35Cl2Zr. The second kappa shape index (κ2) is 11.7. The van der Waals surface area contributed by atoms with Gasteiger partial charge in [-0.25, -0.2) is 0 Å². The molecule has 0 unspecified atom stereocenters. The Morgan fingerprint density at radius 1 is 0.714 bits per heavy atom. The molecular weight excluding hydrogens is 546 g/mol. The molecule has 0 heterocycles. The van der Waals surface area contributed by atoms with E-state index in [4.69, 9.17) is 0 Å². The van der Waals surface area contributed by atoms with Crippen LogP contribution in [0, 0.1) is 22.3 Å². The van der Waals surface area contributed by atoms with Crippen molar-refractivity contribution in [2.75, 3.05) is 0 Å². The fourth-order valence-electron chi connectivity index (χ4n) is 7.23. The molecule has 0 aliphatic heterocycles. The minimum absolute atomic E-state index is 0. The molecule has 4 aliphatic rings. The minimum Gasteiger partial charge on any atom is -1.00 e. The van der Waals surface area contributed by atoms with Crippen molar-refractivity contribution < 1.29 is 49.5 Å². The molecule has 0 bridgehead atoms. The van der Waals surface area contributed by atoms with Gasteiger partial charge in [0.15, 0.2) is 0 Å². The zero-order valence-corrected chi connectivity index (χ0v) is 24.8. The van der Waals surface area contributed by atoms with E-state index < -0.39 is 0 Å². The van der Waals surface area contributed by atoms with Crippen LogP contribution in [0.15, 0.2) is 54.1 Å². The summed E-state index contributed by atoms with van der Waals surface area (Å²) in [6, 6.07) is 14.2. The topological polar surface area (TPSA) is 0 Å². The summed E-state index contributed by atoms with van der Waals surface area (Å²) in [6.45, 7) is 2.34. The van der Waals surface area contributed by atoms with Crippen LogP contribution in [-0.2, 0) is 24.7 Å². The first kappa shape index (κ1) is 27.2. The van der Waals surface area contributed by atoms with E-state index in [0.717, 1.165) is 18.3 Å². The van der Waals surface area contributed by atoms with Crippen molar-refractivity contribution in [3.63, 3.8) is 0 Å². The van der Waals surface area contributed by atoms with E-state index in [1.807, 2.05) is 5.57 Å². The number of allylic oxidation sites excluding steroid dienone is 4. The van der Waals surface area contributed by atoms with Gasteiger partial charge in [-0.3, -0.25) is 0 Å². The van der Waals surface area contributed by atoms with Crippen LogP contribution in [0.25, 0.3) is 14.4 Å². The van der Waals surface area contributed by atoms with Gasteiger partial charge < -0.3 is 24.8 Å². The first-order valence-electron chi connectivity index (χ1n) is 13.3. The molecule has 2 aromatic rings. The summed E-state index contributed by atoms with van der Waals surface area (Å²) in [5.74, 6) is 1.59. The molecule has 0 N–H and O–H groups in total. The van der Waals surface area contributed by atoms with Gasteiger partial charge in [0.1, 0.15) is 0 Å². The molecule has 0 atom stereocenters. The molecule has 0 saturated heterocycles. The van der Waals surface area contributed by atoms with Crippen LogP contribution in [0.2, 0.25) is 0 Å². The Hall–Kier alpha value is -0.877. The Bertz CT molecular complexity index is 1350. The van der Waals surface area contributed by atoms with Crippen LogP contribution >= 0.6 is 0 Å². The van der Waals surface area contributed by atoms with E-state index >= 15 is 0 Å². The minimum atomic E-state index is 0. The zero-order chi connectivity index (χ0) is 22.4. The average molecular weight is 582 g/mol. The van der Waals surface area contributed by atoms with Crippen molar-refractivity contribution in [2.24, 2.45) is 11.8 Å². The molecule has 2 saturated carbocycles. The number of fused-ring (bicyclic) bond motifs is 2. The van der Waals surface area contributed by atoms with Crippen molar-refractivity contribution in [2.45, 2.75) is 77.6 Å². The van der Waals surface area contributed by atoms with Gasteiger partial charge in [0, 0.05) is 0 Å². The summed E-state index contributed by atoms with van der Waals surface area (Å²) in [6.07, 6.45) is 20.0. The van der Waals surface area contributed by atoms with Crippen LogP contribution < -0.4 is 35.3 Å². The van der Waals surface area contributed by atoms with Crippen molar-refractivity contribution in [3.8, 4) is 0 Å². The first-order valence-corrected chi connectivity index (χ1v) is 14.6. The Morgan fingerprint density at radius 2 is 1.31 bits per heavy atom. The fraction of sp³-hybridized carbons (Fsp3) is 0.438. The van der Waals surface area contributed by atoms with Crippen LogP contribution in [0.4, 0.5) is 0 Å². The van der Waals surface area contributed by atoms with Gasteiger partial charge in [-0.1, -0.05) is 0 Å². The summed E-state index contributed by atoms with van der Waals surface area (Å²) in [5, 5.41) is 6.05. The molecule has 6 rings (SSSR count). The van der Waals surface area contributed by atoms with E-state index in [2.05, 4.69) is 55.5 Å². The third-order valence-corrected chi connectivity index (χ3v) is 10.1. The van der Waals surface area contributed by atoms with Crippen molar-refractivity contribution >= 4 is 14.4 Å². The average Bonchev–Trinajstić information content (AvgIpc) is 3.42. The summed E-state index contributed by atoms with van der Waals surface area (Å²) in [5.41, 5.74) is 8.13. The number of benzene rings is 2. The van der Waals surface area contributed by atoms with Crippen molar-refractivity contribution in [1.29, 1.82) is 0 Å². The van der Waals surface area contributed by atoms with Crippen LogP contribution in [-0.4, -0.2) is 0 Å². The van der Waals surface area contributed by atoms with Gasteiger partial charge in [-0.15, -0.1) is 0 Å². The van der Waals surface area contributed by atoms with Gasteiger partial charge in [-0.05, 0) is 0 Å². The first-order chi connectivity index (χ1) is 16.2. The fourth-order valence-corrected chi connectivity index (χ4v) is 8.40. The summed E-state index contributed by atoms with van der Waals surface area (Å²) in [7, 11) is 0. The van der Waals surface area contributed by atoms with Crippen LogP contribution in [0.1, 0.15) is 88.7 Å². The molecule has 3 heteroatoms. The molecule has 2 fully saturated rings. The Labute approximate surface area is 238 Å². The van der Waals surface area contributed by atoms with Crippen molar-refractivity contribution in [3.05, 3.63) is 86.1 Å². The van der Waals surface area contributed by atoms with E-state index in [1.165, 1.54) is 85.4 Å². The maximum absolute atomic E-state index is 2.57. The van der Waals surface area contributed by atoms with Gasteiger partial charge in [0.2, 0.25) is 0 Å². The third kappa shape index (κ3) is 4.88. The molecule has 0 amide bonds. The van der Waals surface area contributed by atoms with E-state index in [1.54, 1.807) is 49.9 Å². The molecule has 0 aromatic heterocycles. The Kier molecular flexibility index (Phi) is 9.06. The molecule has 0 radical (unpaired) electrons. The summed E-state index contributed by atoms with van der Waals surface area (Å²) < 4.78 is 1.57. The van der Waals surface area contributed by atoms with Crippen LogP contribution in [0.5, 0.6) is 0 Å². The second-order valence-electron chi connectivity index (χ2n) is 10.7. The molecule has 35 heavy (non-hydrogen) atoms. The Morgan fingerprint density at radius 3 is 1.89 bits per heavy atom. The monoisotopic (exact) mass is 579 g/mol. The standard InChI is InChI=1S/C32H35.2ClH.Zr/c1-22-11-10-18-26(22)32-29(20-19-28-27-17-9-8-16-25(27)21-30(28)32)31(23-12-4-2-5-13-23)24-14-6-3-7-15-24;;;/h8-11,16-17,19-20,23-24H,2-7,12-15,18H2,1H3;2*1H;/q;;;+2/p-2. The summed E-state index contributed by atoms with van der Waals surface area (Å²) in [4.78, 5) is 0. The number of hydrogen-bond donors (Lipinski definition) is 0. The Balaban J connectivity index is 0.00000144. The van der Waals surface area contributed by atoms with E-state index in [9.17, 15) is 0 Å². The second-order valence-corrected chi connectivity index (χ2v) is 12.0. The molecule has 0 spiro atoms. The maximum Gasteiger partial charge on any atom is -1.00 e. The predicted molar refractivity (Wildman–Crippen MR) is 135 cm³/mol. The smallest absolute Gasteiger partial charge is 1.00 e. The van der Waals surface area contributed by atoms with Crippen LogP contribution in [0.3, 0.4) is 0 Å². The number of halogens is 2. The molecule has 4 aliphatic carbocycles. The van der Waals surface area contributed by atoms with Crippen molar-refractivity contribution in [1.82, 2.24) is 0 Å². The van der Waals surface area contributed by atoms with Gasteiger partial charge >= 0.3 is 215 Å². The maximum atomic E-state index is 2.57. The van der Waals surface area contributed by atoms with Gasteiger partial charge in [-0.2, -0.15) is 0 Å². The van der Waals surface area contributed by atoms with Gasteiger partial charge in [0.25, 0.3) is 0 Å². The molecule has 0 nitrogen and oxygen atoms in total. The SMILES string of the molecule is CC1=C(c2c3c(ccc2=C(C2CCCCC2)C2CCCCC2)=c2ccccc2=[C]3[Zr+2])CC=C1.[Cl-].[Cl-]. The zero-order valence-electron chi connectivity index (χ0n) is 20.8. The van der Waals surface area contributed by atoms with Gasteiger partial charge in [0.05, 0.1) is 0 Å². The largest absolute Gasteiger partial charge is 1.00 e. The number of rotatable bonds is 3. The quantitative estimate of drug-likeness (QED) is 0.509. The molecule has 181 valence electrons. The summed E-state index contributed by atoms with van der Waals surface area (Å²) >= 11 is 1.55. The normalized spacial score (nSPS) is 19.8.